The second-order valence-corrected chi connectivity index (χ2v) is 8.86. The predicted octanol–water partition coefficient (Wildman–Crippen LogP) is 1.16. The van der Waals surface area contributed by atoms with Gasteiger partial charge in [0.05, 0.1) is 19.2 Å². The summed E-state index contributed by atoms with van der Waals surface area (Å²) >= 11 is 0. The van der Waals surface area contributed by atoms with Crippen LogP contribution in [0.15, 0.2) is 18.2 Å². The fourth-order valence-electron chi connectivity index (χ4n) is 5.30. The summed E-state index contributed by atoms with van der Waals surface area (Å²) in [7, 11) is 1.59. The quantitative estimate of drug-likeness (QED) is 0.748. The second kappa shape index (κ2) is 7.86. The summed E-state index contributed by atoms with van der Waals surface area (Å²) in [5.74, 6) is 1.39. The van der Waals surface area contributed by atoms with E-state index in [1.54, 1.807) is 12.0 Å². The normalized spacial score (nSPS) is 25.3. The molecule has 3 fully saturated rings. The Morgan fingerprint density at radius 1 is 1.26 bits per heavy atom. The van der Waals surface area contributed by atoms with Crippen molar-refractivity contribution in [2.24, 2.45) is 11.8 Å². The summed E-state index contributed by atoms with van der Waals surface area (Å²) in [6.45, 7) is 2.31. The van der Waals surface area contributed by atoms with E-state index in [1.165, 1.54) is 0 Å². The monoisotopic (exact) mass is 425 g/mol. The van der Waals surface area contributed by atoms with Crippen LogP contribution in [-0.2, 0) is 9.59 Å². The topological polar surface area (TPSA) is 108 Å². The van der Waals surface area contributed by atoms with E-state index in [0.29, 0.717) is 49.3 Å². The van der Waals surface area contributed by atoms with Crippen LogP contribution >= 0.6 is 0 Å². The summed E-state index contributed by atoms with van der Waals surface area (Å²) in [5, 5.41) is 11.0. The van der Waals surface area contributed by atoms with Gasteiger partial charge in [0.2, 0.25) is 11.8 Å². The van der Waals surface area contributed by atoms with Crippen LogP contribution in [0, 0.1) is 11.8 Å². The van der Waals surface area contributed by atoms with E-state index in [0.717, 1.165) is 30.2 Å². The number of likely N-dealkylation sites (tertiary alicyclic amines) is 2. The molecule has 1 aliphatic carbocycles. The summed E-state index contributed by atoms with van der Waals surface area (Å²) in [6.07, 6.45) is 3.11. The molecule has 31 heavy (non-hydrogen) atoms. The summed E-state index contributed by atoms with van der Waals surface area (Å²) in [5.41, 5.74) is 1.16. The first-order chi connectivity index (χ1) is 15.0. The van der Waals surface area contributed by atoms with Gasteiger partial charge in [-0.1, -0.05) is 0 Å². The van der Waals surface area contributed by atoms with Gasteiger partial charge in [-0.2, -0.15) is 5.10 Å². The van der Waals surface area contributed by atoms with E-state index < -0.39 is 0 Å². The zero-order valence-corrected chi connectivity index (χ0v) is 17.6. The molecule has 9 nitrogen and oxygen atoms in total. The first-order valence-electron chi connectivity index (χ1n) is 10.9. The molecule has 0 bridgehead atoms. The van der Waals surface area contributed by atoms with Crippen LogP contribution in [0.3, 0.4) is 0 Å². The lowest BCUT2D eigenvalue weighted by Crippen LogP contribution is -2.41. The van der Waals surface area contributed by atoms with Gasteiger partial charge in [-0.25, -0.2) is 0 Å². The zero-order valence-electron chi connectivity index (χ0n) is 17.6. The third-order valence-corrected chi connectivity index (χ3v) is 6.92. The third-order valence-electron chi connectivity index (χ3n) is 6.92. The molecular formula is C22H27N5O4. The number of hydrogen-bond acceptors (Lipinski definition) is 5. The Labute approximate surface area is 180 Å². The number of rotatable bonds is 5. The lowest BCUT2D eigenvalue weighted by Gasteiger charge is -2.23. The van der Waals surface area contributed by atoms with Crippen molar-refractivity contribution in [3.63, 3.8) is 0 Å². The highest BCUT2D eigenvalue weighted by molar-refractivity contribution is 6.05. The summed E-state index contributed by atoms with van der Waals surface area (Å²) < 4.78 is 5.26. The fourth-order valence-corrected chi connectivity index (χ4v) is 5.30. The highest BCUT2D eigenvalue weighted by atomic mass is 16.5. The maximum atomic E-state index is 12.9. The Morgan fingerprint density at radius 3 is 2.71 bits per heavy atom. The first kappa shape index (κ1) is 19.8. The van der Waals surface area contributed by atoms with E-state index in [-0.39, 0.29) is 30.3 Å². The molecule has 0 spiro atoms. The predicted molar refractivity (Wildman–Crippen MR) is 113 cm³/mol. The number of ether oxygens (including phenoxy) is 1. The molecule has 2 aromatic rings. The number of carbonyl (C=O) groups excluding carboxylic acids is 3. The van der Waals surface area contributed by atoms with E-state index in [1.807, 2.05) is 23.1 Å². The molecule has 2 atom stereocenters. The number of amides is 3. The molecule has 0 radical (unpaired) electrons. The molecular weight excluding hydrogens is 398 g/mol. The molecule has 1 aromatic carbocycles. The average Bonchev–Trinajstić information content (AvgIpc) is 3.51. The van der Waals surface area contributed by atoms with Crippen LogP contribution < -0.4 is 10.1 Å². The fraction of sp³-hybridized carbons (Fsp3) is 0.545. The van der Waals surface area contributed by atoms with Crippen molar-refractivity contribution in [1.82, 2.24) is 25.3 Å². The minimum Gasteiger partial charge on any atom is -0.497 e. The Kier molecular flexibility index (Phi) is 5.03. The molecule has 1 aromatic heterocycles. The molecule has 3 amide bonds. The molecule has 3 heterocycles. The highest BCUT2D eigenvalue weighted by Gasteiger charge is 2.43. The number of methoxy groups -OCH3 is 1. The number of H-pyrrole nitrogens is 1. The van der Waals surface area contributed by atoms with Crippen molar-refractivity contribution in [2.45, 2.75) is 31.7 Å². The van der Waals surface area contributed by atoms with E-state index in [9.17, 15) is 14.4 Å². The van der Waals surface area contributed by atoms with E-state index >= 15 is 0 Å². The number of nitrogens with zero attached hydrogens (tertiary/aromatic N) is 3. The van der Waals surface area contributed by atoms with Gasteiger partial charge in [0.1, 0.15) is 5.75 Å². The number of hydrogen-bond donors (Lipinski definition) is 2. The van der Waals surface area contributed by atoms with Crippen molar-refractivity contribution >= 4 is 28.6 Å². The van der Waals surface area contributed by atoms with Gasteiger partial charge in [-0.15, -0.1) is 0 Å². The van der Waals surface area contributed by atoms with Crippen molar-refractivity contribution in [3.05, 3.63) is 23.9 Å². The molecule has 1 saturated carbocycles. The number of carbonyl (C=O) groups is 3. The van der Waals surface area contributed by atoms with Gasteiger partial charge < -0.3 is 19.9 Å². The summed E-state index contributed by atoms with van der Waals surface area (Å²) in [6, 6.07) is 5.56. The highest BCUT2D eigenvalue weighted by Crippen LogP contribution is 2.38. The van der Waals surface area contributed by atoms with Crippen molar-refractivity contribution in [2.75, 3.05) is 33.3 Å². The SMILES string of the molecule is COc1ccc2[nH]nc(C(=O)NC3CC4CN(C(=O)CN5CCCC5=O)CC4C3)c2c1. The molecule has 2 N–H and O–H groups in total. The van der Waals surface area contributed by atoms with Crippen molar-refractivity contribution < 1.29 is 19.1 Å². The van der Waals surface area contributed by atoms with Gasteiger partial charge in [-0.05, 0) is 49.3 Å². The van der Waals surface area contributed by atoms with Crippen molar-refractivity contribution in [3.8, 4) is 5.75 Å². The lowest BCUT2D eigenvalue weighted by molar-refractivity contribution is -0.137. The van der Waals surface area contributed by atoms with E-state index in [4.69, 9.17) is 4.74 Å². The zero-order chi connectivity index (χ0) is 21.5. The molecule has 2 saturated heterocycles. The molecule has 2 unspecified atom stereocenters. The van der Waals surface area contributed by atoms with Crippen LogP contribution in [0.4, 0.5) is 0 Å². The molecule has 3 aliphatic rings. The van der Waals surface area contributed by atoms with Crippen LogP contribution in [0.25, 0.3) is 10.9 Å². The smallest absolute Gasteiger partial charge is 0.272 e. The second-order valence-electron chi connectivity index (χ2n) is 8.86. The maximum Gasteiger partial charge on any atom is 0.272 e. The average molecular weight is 425 g/mol. The first-order valence-corrected chi connectivity index (χ1v) is 10.9. The minimum atomic E-state index is -0.190. The molecule has 5 rings (SSSR count). The summed E-state index contributed by atoms with van der Waals surface area (Å²) in [4.78, 5) is 40.8. The van der Waals surface area contributed by atoms with Crippen LogP contribution in [0.2, 0.25) is 0 Å². The molecule has 9 heteroatoms. The Bertz CT molecular complexity index is 1020. The number of benzene rings is 1. The van der Waals surface area contributed by atoms with Crippen LogP contribution in [0.5, 0.6) is 5.75 Å². The van der Waals surface area contributed by atoms with Gasteiger partial charge in [0.25, 0.3) is 5.91 Å². The molecule has 164 valence electrons. The van der Waals surface area contributed by atoms with Gasteiger partial charge >= 0.3 is 0 Å². The number of aromatic amines is 1. The Morgan fingerprint density at radius 2 is 2.03 bits per heavy atom. The number of fused-ring (bicyclic) bond motifs is 2. The number of nitrogens with one attached hydrogen (secondary N) is 2. The largest absolute Gasteiger partial charge is 0.497 e. The standard InChI is InChI=1S/C22H27N5O4/c1-31-16-4-5-18-17(9-16)21(25-24-18)22(30)23-15-7-13-10-27(11-14(13)8-15)20(29)12-26-6-2-3-19(26)28/h4-5,9,13-15H,2-3,6-8,10-12H2,1H3,(H,23,30)(H,24,25). The van der Waals surface area contributed by atoms with Crippen molar-refractivity contribution in [1.29, 1.82) is 0 Å². The Hall–Kier alpha value is -3.10. The lowest BCUT2D eigenvalue weighted by atomic mass is 10.0. The number of aromatic nitrogens is 2. The van der Waals surface area contributed by atoms with Crippen LogP contribution in [0.1, 0.15) is 36.2 Å². The maximum absolute atomic E-state index is 12.9. The third kappa shape index (κ3) is 3.73. The van der Waals surface area contributed by atoms with Gasteiger partial charge in [-0.3, -0.25) is 19.5 Å². The molecule has 2 aliphatic heterocycles. The van der Waals surface area contributed by atoms with E-state index in [2.05, 4.69) is 15.5 Å². The van der Waals surface area contributed by atoms with Gasteiger partial charge in [0, 0.05) is 37.5 Å². The van der Waals surface area contributed by atoms with Gasteiger partial charge in [0.15, 0.2) is 5.69 Å². The van der Waals surface area contributed by atoms with Crippen LogP contribution in [-0.4, -0.2) is 77.0 Å². The Balaban J connectivity index is 1.17. The minimum absolute atomic E-state index is 0.0437.